The molecule has 2 aromatic carbocycles. The van der Waals surface area contributed by atoms with Gasteiger partial charge in [-0.3, -0.25) is 25.2 Å². The van der Waals surface area contributed by atoms with Gasteiger partial charge in [0.2, 0.25) is 0 Å². The van der Waals surface area contributed by atoms with Gasteiger partial charge >= 0.3 is 0 Å². The SMILES string of the molecule is CCOc1ccc(S(=O)(=O)Nc2ccc(C(=O)NNC(=O)/C=C/c3ccc(C)s3)cc2)cc1. The Morgan fingerprint density at radius 1 is 0.970 bits per heavy atom. The molecule has 0 unspecified atom stereocenters. The quantitative estimate of drug-likeness (QED) is 0.332. The van der Waals surface area contributed by atoms with E-state index in [-0.39, 0.29) is 10.5 Å². The number of benzene rings is 2. The summed E-state index contributed by atoms with van der Waals surface area (Å²) in [6.07, 6.45) is 2.98. The topological polar surface area (TPSA) is 114 Å². The molecule has 0 aliphatic heterocycles. The van der Waals surface area contributed by atoms with Crippen LogP contribution in [0.3, 0.4) is 0 Å². The van der Waals surface area contributed by atoms with Crippen molar-refractivity contribution >= 4 is 44.9 Å². The zero-order valence-corrected chi connectivity index (χ0v) is 19.6. The Kier molecular flexibility index (Phi) is 7.86. The number of anilines is 1. The molecule has 0 aliphatic carbocycles. The van der Waals surface area contributed by atoms with Crippen molar-refractivity contribution in [3.05, 3.63) is 82.1 Å². The van der Waals surface area contributed by atoms with Gasteiger partial charge in [-0.05, 0) is 80.6 Å². The first-order valence-corrected chi connectivity index (χ1v) is 12.3. The molecule has 0 fully saturated rings. The van der Waals surface area contributed by atoms with Crippen molar-refractivity contribution in [2.45, 2.75) is 18.7 Å². The smallest absolute Gasteiger partial charge is 0.269 e. The Labute approximate surface area is 196 Å². The van der Waals surface area contributed by atoms with Crippen LogP contribution in [0.5, 0.6) is 5.75 Å². The second kappa shape index (κ2) is 10.8. The van der Waals surface area contributed by atoms with Crippen molar-refractivity contribution in [1.29, 1.82) is 0 Å². The molecular weight excluding hydrogens is 462 g/mol. The summed E-state index contributed by atoms with van der Waals surface area (Å²) in [5.74, 6) is -0.435. The molecule has 0 atom stereocenters. The van der Waals surface area contributed by atoms with Crippen LogP contribution in [0.25, 0.3) is 6.08 Å². The number of carbonyl (C=O) groups is 2. The summed E-state index contributed by atoms with van der Waals surface area (Å²) >= 11 is 1.55. The first-order chi connectivity index (χ1) is 15.8. The van der Waals surface area contributed by atoms with E-state index in [0.29, 0.717) is 18.0 Å². The lowest BCUT2D eigenvalue weighted by Gasteiger charge is -2.10. The molecule has 10 heteroatoms. The highest BCUT2D eigenvalue weighted by Gasteiger charge is 2.15. The fraction of sp³-hybridized carbons (Fsp3) is 0.130. The largest absolute Gasteiger partial charge is 0.494 e. The lowest BCUT2D eigenvalue weighted by Crippen LogP contribution is -2.40. The Morgan fingerprint density at radius 2 is 1.67 bits per heavy atom. The van der Waals surface area contributed by atoms with Crippen LogP contribution in [0.2, 0.25) is 0 Å². The normalized spacial score (nSPS) is 11.2. The van der Waals surface area contributed by atoms with Crippen LogP contribution < -0.4 is 20.3 Å². The van der Waals surface area contributed by atoms with Crippen molar-refractivity contribution < 1.29 is 22.7 Å². The van der Waals surface area contributed by atoms with Gasteiger partial charge in [-0.25, -0.2) is 8.42 Å². The molecule has 0 bridgehead atoms. The van der Waals surface area contributed by atoms with Gasteiger partial charge in [0, 0.05) is 27.1 Å². The van der Waals surface area contributed by atoms with E-state index in [9.17, 15) is 18.0 Å². The molecule has 1 heterocycles. The van der Waals surface area contributed by atoms with Crippen LogP contribution in [-0.4, -0.2) is 26.8 Å². The molecule has 1 aromatic heterocycles. The van der Waals surface area contributed by atoms with Crippen molar-refractivity contribution in [2.75, 3.05) is 11.3 Å². The third kappa shape index (κ3) is 6.93. The number of ether oxygens (including phenoxy) is 1. The van der Waals surface area contributed by atoms with Gasteiger partial charge in [0.05, 0.1) is 11.5 Å². The van der Waals surface area contributed by atoms with E-state index >= 15 is 0 Å². The molecule has 33 heavy (non-hydrogen) atoms. The number of nitrogens with one attached hydrogen (secondary N) is 3. The highest BCUT2D eigenvalue weighted by molar-refractivity contribution is 7.92. The summed E-state index contributed by atoms with van der Waals surface area (Å²) in [5, 5.41) is 0. The number of sulfonamides is 1. The zero-order valence-electron chi connectivity index (χ0n) is 18.0. The van der Waals surface area contributed by atoms with Crippen LogP contribution in [0.4, 0.5) is 5.69 Å². The standard InChI is InChI=1S/C23H23N3O5S2/c1-3-31-19-9-13-21(14-10-19)33(29,30)26-18-7-5-17(6-8-18)23(28)25-24-22(27)15-12-20-11-4-16(2)32-20/h4-15,26H,3H2,1-2H3,(H,24,27)(H,25,28)/b15-12+. The summed E-state index contributed by atoms with van der Waals surface area (Å²) in [6, 6.07) is 15.7. The van der Waals surface area contributed by atoms with E-state index in [1.165, 1.54) is 42.5 Å². The van der Waals surface area contributed by atoms with E-state index in [4.69, 9.17) is 4.74 Å². The minimum atomic E-state index is -3.80. The number of amides is 2. The number of hydrogen-bond acceptors (Lipinski definition) is 6. The molecule has 8 nitrogen and oxygen atoms in total. The van der Waals surface area contributed by atoms with Gasteiger partial charge in [-0.2, -0.15) is 0 Å². The molecule has 2 amide bonds. The molecule has 3 aromatic rings. The zero-order chi connectivity index (χ0) is 23.8. The summed E-state index contributed by atoms with van der Waals surface area (Å²) < 4.78 is 32.9. The van der Waals surface area contributed by atoms with Gasteiger partial charge < -0.3 is 4.74 Å². The number of carbonyl (C=O) groups excluding carboxylic acids is 2. The Bertz CT molecular complexity index is 1250. The van der Waals surface area contributed by atoms with Crippen molar-refractivity contribution in [2.24, 2.45) is 0 Å². The number of hydrogen-bond donors (Lipinski definition) is 3. The first-order valence-electron chi connectivity index (χ1n) is 9.97. The molecule has 0 spiro atoms. The molecule has 3 rings (SSSR count). The first kappa shape index (κ1) is 24.0. The fourth-order valence-electron chi connectivity index (χ4n) is 2.72. The van der Waals surface area contributed by atoms with Crippen molar-refractivity contribution in [3.8, 4) is 5.75 Å². The molecule has 0 saturated carbocycles. The maximum Gasteiger partial charge on any atom is 0.269 e. The van der Waals surface area contributed by atoms with Gasteiger partial charge in [-0.1, -0.05) is 0 Å². The van der Waals surface area contributed by atoms with Crippen LogP contribution >= 0.6 is 11.3 Å². The van der Waals surface area contributed by atoms with Gasteiger partial charge in [0.1, 0.15) is 5.75 Å². The number of aryl methyl sites for hydroxylation is 1. The second-order valence-electron chi connectivity index (χ2n) is 6.81. The maximum atomic E-state index is 12.5. The molecule has 172 valence electrons. The predicted octanol–water partition coefficient (Wildman–Crippen LogP) is 3.73. The van der Waals surface area contributed by atoms with Crippen molar-refractivity contribution in [3.63, 3.8) is 0 Å². The summed E-state index contributed by atoms with van der Waals surface area (Å²) in [6.45, 7) is 4.30. The predicted molar refractivity (Wildman–Crippen MR) is 129 cm³/mol. The Balaban J connectivity index is 1.54. The number of thiophene rings is 1. The molecule has 0 radical (unpaired) electrons. The summed E-state index contributed by atoms with van der Waals surface area (Å²) in [5.41, 5.74) is 5.15. The van der Waals surface area contributed by atoms with E-state index in [2.05, 4.69) is 15.6 Å². The minimum Gasteiger partial charge on any atom is -0.494 e. The molecular formula is C23H23N3O5S2. The molecule has 3 N–H and O–H groups in total. The Hall–Kier alpha value is -3.63. The monoisotopic (exact) mass is 485 g/mol. The third-order valence-corrected chi connectivity index (χ3v) is 6.67. The third-order valence-electron chi connectivity index (χ3n) is 4.30. The maximum absolute atomic E-state index is 12.5. The van der Waals surface area contributed by atoms with Gasteiger partial charge in [0.15, 0.2) is 0 Å². The number of rotatable bonds is 8. The summed E-state index contributed by atoms with van der Waals surface area (Å²) in [4.78, 5) is 26.2. The molecule has 0 aliphatic rings. The van der Waals surface area contributed by atoms with Crippen LogP contribution in [0.15, 0.2) is 71.6 Å². The summed E-state index contributed by atoms with van der Waals surface area (Å²) in [7, 11) is -3.80. The second-order valence-corrected chi connectivity index (χ2v) is 9.81. The van der Waals surface area contributed by atoms with Crippen LogP contribution in [0.1, 0.15) is 27.0 Å². The van der Waals surface area contributed by atoms with E-state index in [0.717, 1.165) is 9.75 Å². The van der Waals surface area contributed by atoms with Crippen LogP contribution in [0, 0.1) is 6.92 Å². The number of hydrazine groups is 1. The average molecular weight is 486 g/mol. The van der Waals surface area contributed by atoms with E-state index in [1.54, 1.807) is 29.5 Å². The van der Waals surface area contributed by atoms with E-state index < -0.39 is 21.8 Å². The van der Waals surface area contributed by atoms with E-state index in [1.807, 2.05) is 26.0 Å². The van der Waals surface area contributed by atoms with Crippen molar-refractivity contribution in [1.82, 2.24) is 10.9 Å². The molecule has 0 saturated heterocycles. The van der Waals surface area contributed by atoms with Gasteiger partial charge in [0.25, 0.3) is 21.8 Å². The lowest BCUT2D eigenvalue weighted by atomic mass is 10.2. The average Bonchev–Trinajstić information content (AvgIpc) is 3.22. The fourth-order valence-corrected chi connectivity index (χ4v) is 4.56. The highest BCUT2D eigenvalue weighted by atomic mass is 32.2. The highest BCUT2D eigenvalue weighted by Crippen LogP contribution is 2.20. The minimum absolute atomic E-state index is 0.0845. The Morgan fingerprint density at radius 3 is 2.27 bits per heavy atom. The van der Waals surface area contributed by atoms with Gasteiger partial charge in [-0.15, -0.1) is 11.3 Å². The van der Waals surface area contributed by atoms with Crippen LogP contribution in [-0.2, 0) is 14.8 Å². The lowest BCUT2D eigenvalue weighted by molar-refractivity contribution is -0.117.